The third-order valence-corrected chi connectivity index (χ3v) is 5.25. The van der Waals surface area contributed by atoms with E-state index in [-0.39, 0.29) is 19.0 Å². The van der Waals surface area contributed by atoms with Crippen molar-refractivity contribution in [3.05, 3.63) is 0 Å². The van der Waals surface area contributed by atoms with Crippen LogP contribution in [0.3, 0.4) is 0 Å². The van der Waals surface area contributed by atoms with E-state index in [2.05, 4.69) is 0 Å². The van der Waals surface area contributed by atoms with Gasteiger partial charge in [0.25, 0.3) is 10.2 Å². The third kappa shape index (κ3) is 3.93. The third-order valence-electron chi connectivity index (χ3n) is 3.03. The second kappa shape index (κ2) is 6.49. The van der Waals surface area contributed by atoms with Crippen LogP contribution in [-0.2, 0) is 15.0 Å². The van der Waals surface area contributed by atoms with Crippen LogP contribution >= 0.6 is 0 Å². The van der Waals surface area contributed by atoms with Crippen molar-refractivity contribution < 1.29 is 18.3 Å². The van der Waals surface area contributed by atoms with Crippen molar-refractivity contribution in [1.82, 2.24) is 8.61 Å². The van der Waals surface area contributed by atoms with E-state index in [1.54, 1.807) is 0 Å². The van der Waals surface area contributed by atoms with E-state index in [1.165, 1.54) is 8.61 Å². The minimum absolute atomic E-state index is 0.00125. The van der Waals surface area contributed by atoms with E-state index >= 15 is 0 Å². The van der Waals surface area contributed by atoms with Gasteiger partial charge in [0.2, 0.25) is 0 Å². The highest BCUT2D eigenvalue weighted by molar-refractivity contribution is 7.86. The molecular weight excluding hydrogens is 256 g/mol. The lowest BCUT2D eigenvalue weighted by atomic mass is 10.3. The standard InChI is InChI=1S/C11H22N2O4S/c1-10(2)13(9-5-6-11(14)15)18(16,17)12-7-3-4-8-12/h10H,3-9H2,1-2H3,(H,14,15). The smallest absolute Gasteiger partial charge is 0.303 e. The van der Waals surface area contributed by atoms with E-state index in [1.807, 2.05) is 13.8 Å². The molecule has 1 aliphatic heterocycles. The zero-order valence-corrected chi connectivity index (χ0v) is 11.8. The number of carboxylic acid groups (broad SMARTS) is 1. The van der Waals surface area contributed by atoms with E-state index < -0.39 is 16.2 Å². The van der Waals surface area contributed by atoms with Crippen LogP contribution in [0.1, 0.15) is 39.5 Å². The molecule has 0 aromatic carbocycles. The van der Waals surface area contributed by atoms with Gasteiger partial charge in [-0.1, -0.05) is 0 Å². The fourth-order valence-corrected chi connectivity index (χ4v) is 4.00. The second-order valence-corrected chi connectivity index (χ2v) is 6.70. The van der Waals surface area contributed by atoms with Gasteiger partial charge < -0.3 is 5.11 Å². The van der Waals surface area contributed by atoms with E-state index in [0.29, 0.717) is 19.5 Å². The van der Waals surface area contributed by atoms with E-state index in [4.69, 9.17) is 5.11 Å². The molecule has 6 nitrogen and oxygen atoms in total. The first kappa shape index (κ1) is 15.4. The van der Waals surface area contributed by atoms with E-state index in [0.717, 1.165) is 12.8 Å². The van der Waals surface area contributed by atoms with Gasteiger partial charge in [0.05, 0.1) is 0 Å². The maximum absolute atomic E-state index is 12.4. The van der Waals surface area contributed by atoms with Crippen molar-refractivity contribution in [1.29, 1.82) is 0 Å². The van der Waals surface area contributed by atoms with Gasteiger partial charge in [0.15, 0.2) is 0 Å². The predicted molar refractivity (Wildman–Crippen MR) is 68.4 cm³/mol. The van der Waals surface area contributed by atoms with Gasteiger partial charge in [-0.15, -0.1) is 0 Å². The summed E-state index contributed by atoms with van der Waals surface area (Å²) in [5, 5.41) is 8.60. The molecule has 1 saturated heterocycles. The molecule has 0 aromatic rings. The molecule has 0 aliphatic carbocycles. The highest BCUT2D eigenvalue weighted by Crippen LogP contribution is 2.19. The van der Waals surface area contributed by atoms with Crippen molar-refractivity contribution in [2.75, 3.05) is 19.6 Å². The van der Waals surface area contributed by atoms with Crippen molar-refractivity contribution in [3.8, 4) is 0 Å². The fourth-order valence-electron chi connectivity index (χ4n) is 2.09. The zero-order chi connectivity index (χ0) is 13.8. The lowest BCUT2D eigenvalue weighted by Crippen LogP contribution is -2.46. The molecular formula is C11H22N2O4S. The summed E-state index contributed by atoms with van der Waals surface area (Å²) in [7, 11) is -3.42. The highest BCUT2D eigenvalue weighted by atomic mass is 32.2. The van der Waals surface area contributed by atoms with Crippen molar-refractivity contribution in [2.24, 2.45) is 0 Å². The van der Waals surface area contributed by atoms with E-state index in [9.17, 15) is 13.2 Å². The molecule has 0 spiro atoms. The molecule has 0 amide bonds. The number of nitrogens with zero attached hydrogens (tertiary/aromatic N) is 2. The SMILES string of the molecule is CC(C)N(CCCC(=O)O)S(=O)(=O)N1CCCC1. The summed E-state index contributed by atoms with van der Waals surface area (Å²) in [4.78, 5) is 10.5. The molecule has 1 rings (SSSR count). The number of carbonyl (C=O) groups is 1. The van der Waals surface area contributed by atoms with Crippen molar-refractivity contribution >= 4 is 16.2 Å². The topological polar surface area (TPSA) is 77.9 Å². The Kier molecular flexibility index (Phi) is 5.55. The molecule has 0 saturated carbocycles. The molecule has 1 N–H and O–H groups in total. The summed E-state index contributed by atoms with van der Waals surface area (Å²) < 4.78 is 27.6. The Bertz CT molecular complexity index is 375. The predicted octanol–water partition coefficient (Wildman–Crippen LogP) is 0.902. The molecule has 1 fully saturated rings. The number of carboxylic acids is 1. The Balaban J connectivity index is 2.68. The summed E-state index contributed by atoms with van der Waals surface area (Å²) in [6, 6.07) is -0.149. The van der Waals surface area contributed by atoms with Gasteiger partial charge in [0.1, 0.15) is 0 Å². The summed E-state index contributed by atoms with van der Waals surface area (Å²) in [6.07, 6.45) is 2.15. The van der Waals surface area contributed by atoms with Crippen LogP contribution in [0.2, 0.25) is 0 Å². The monoisotopic (exact) mass is 278 g/mol. The average Bonchev–Trinajstić information content (AvgIpc) is 2.76. The van der Waals surface area contributed by atoms with Gasteiger partial charge in [-0.25, -0.2) is 0 Å². The minimum atomic E-state index is -3.42. The van der Waals surface area contributed by atoms with Crippen LogP contribution in [-0.4, -0.2) is 53.8 Å². The molecule has 0 unspecified atom stereocenters. The number of hydrogen-bond acceptors (Lipinski definition) is 3. The quantitative estimate of drug-likeness (QED) is 0.750. The molecule has 0 bridgehead atoms. The Labute approximate surface area is 109 Å². The van der Waals surface area contributed by atoms with Gasteiger partial charge in [-0.3, -0.25) is 4.79 Å². The molecule has 1 heterocycles. The summed E-state index contributed by atoms with van der Waals surface area (Å²) in [6.45, 7) is 5.04. The lowest BCUT2D eigenvalue weighted by molar-refractivity contribution is -0.137. The Morgan fingerprint density at radius 1 is 1.33 bits per heavy atom. The van der Waals surface area contributed by atoms with Gasteiger partial charge in [-0.2, -0.15) is 17.0 Å². The lowest BCUT2D eigenvalue weighted by Gasteiger charge is -2.30. The van der Waals surface area contributed by atoms with Crippen LogP contribution < -0.4 is 0 Å². The van der Waals surface area contributed by atoms with Crippen LogP contribution in [0.5, 0.6) is 0 Å². The van der Waals surface area contributed by atoms with Gasteiger partial charge in [0, 0.05) is 32.1 Å². The summed E-state index contributed by atoms with van der Waals surface area (Å²) >= 11 is 0. The first-order valence-corrected chi connectivity index (χ1v) is 7.74. The summed E-state index contributed by atoms with van der Waals surface area (Å²) in [5.41, 5.74) is 0. The molecule has 0 aromatic heterocycles. The van der Waals surface area contributed by atoms with Gasteiger partial charge in [-0.05, 0) is 33.1 Å². The minimum Gasteiger partial charge on any atom is -0.481 e. The average molecular weight is 278 g/mol. The first-order valence-electron chi connectivity index (χ1n) is 6.34. The normalized spacial score (nSPS) is 17.8. The number of rotatable bonds is 7. The number of aliphatic carboxylic acids is 1. The first-order chi connectivity index (χ1) is 8.35. The van der Waals surface area contributed by atoms with Gasteiger partial charge >= 0.3 is 5.97 Å². The Morgan fingerprint density at radius 2 is 1.89 bits per heavy atom. The highest BCUT2D eigenvalue weighted by Gasteiger charge is 2.32. The molecule has 1 aliphatic rings. The molecule has 106 valence electrons. The van der Waals surface area contributed by atoms with Crippen LogP contribution in [0.25, 0.3) is 0 Å². The van der Waals surface area contributed by atoms with Crippen LogP contribution in [0, 0.1) is 0 Å². The zero-order valence-electron chi connectivity index (χ0n) is 11.0. The molecule has 0 atom stereocenters. The summed E-state index contributed by atoms with van der Waals surface area (Å²) in [5.74, 6) is -0.891. The molecule has 7 heteroatoms. The second-order valence-electron chi connectivity index (χ2n) is 4.82. The maximum atomic E-state index is 12.4. The largest absolute Gasteiger partial charge is 0.481 e. The fraction of sp³-hybridized carbons (Fsp3) is 0.909. The van der Waals surface area contributed by atoms with Crippen LogP contribution in [0.4, 0.5) is 0 Å². The van der Waals surface area contributed by atoms with Crippen molar-refractivity contribution in [3.63, 3.8) is 0 Å². The number of hydrogen-bond donors (Lipinski definition) is 1. The molecule has 0 radical (unpaired) electrons. The molecule has 18 heavy (non-hydrogen) atoms. The Morgan fingerprint density at radius 3 is 2.33 bits per heavy atom. The Hall–Kier alpha value is -0.660. The van der Waals surface area contributed by atoms with Crippen LogP contribution in [0.15, 0.2) is 0 Å². The van der Waals surface area contributed by atoms with Crippen molar-refractivity contribution in [2.45, 2.75) is 45.6 Å². The maximum Gasteiger partial charge on any atom is 0.303 e.